The summed E-state index contributed by atoms with van der Waals surface area (Å²) in [6.07, 6.45) is 6.64. The maximum Gasteiger partial charge on any atom is 0.253 e. The van der Waals surface area contributed by atoms with Crippen LogP contribution in [0, 0.1) is 11.3 Å². The lowest BCUT2D eigenvalue weighted by Crippen LogP contribution is -2.48. The lowest BCUT2D eigenvalue weighted by Gasteiger charge is -2.45. The summed E-state index contributed by atoms with van der Waals surface area (Å²) in [4.78, 5) is 31.1. The smallest absolute Gasteiger partial charge is 0.253 e. The topological polar surface area (TPSA) is 83.7 Å². The number of nitrogens with zero attached hydrogens (tertiary/aromatic N) is 1. The van der Waals surface area contributed by atoms with E-state index in [1.165, 1.54) is 5.56 Å². The molecular formula is C31H39N3O4. The van der Waals surface area contributed by atoms with Crippen molar-refractivity contribution in [3.63, 3.8) is 0 Å². The molecule has 7 heteroatoms. The van der Waals surface area contributed by atoms with Crippen LogP contribution >= 0.6 is 0 Å². The van der Waals surface area contributed by atoms with Gasteiger partial charge in [-0.2, -0.15) is 0 Å². The molecule has 0 radical (unpaired) electrons. The molecule has 2 aliphatic rings. The third kappa shape index (κ3) is 5.58. The minimum atomic E-state index is -0.131. The largest absolute Gasteiger partial charge is 0.496 e. The molecule has 1 aromatic heterocycles. The van der Waals surface area contributed by atoms with E-state index in [1.54, 1.807) is 13.3 Å². The van der Waals surface area contributed by atoms with Crippen LogP contribution in [0.3, 0.4) is 0 Å². The van der Waals surface area contributed by atoms with Crippen LogP contribution in [0.25, 0.3) is 10.9 Å². The van der Waals surface area contributed by atoms with Crippen LogP contribution in [0.1, 0.15) is 65.8 Å². The number of piperidine rings is 1. The van der Waals surface area contributed by atoms with Gasteiger partial charge < -0.3 is 24.7 Å². The number of methoxy groups -OCH3 is 1. The van der Waals surface area contributed by atoms with Gasteiger partial charge in [-0.3, -0.25) is 9.59 Å². The van der Waals surface area contributed by atoms with E-state index in [4.69, 9.17) is 9.47 Å². The van der Waals surface area contributed by atoms with Crippen LogP contribution in [0.15, 0.2) is 48.7 Å². The average molecular weight is 518 g/mol. The van der Waals surface area contributed by atoms with Crippen molar-refractivity contribution in [3.05, 3.63) is 65.4 Å². The average Bonchev–Trinajstić information content (AvgIpc) is 3.37. The summed E-state index contributed by atoms with van der Waals surface area (Å²) in [5.74, 6) is 1.28. The number of fused-ring (bicyclic) bond motifs is 1. The predicted octanol–water partition coefficient (Wildman–Crippen LogP) is 5.21. The normalized spacial score (nSPS) is 19.2. The number of benzene rings is 2. The Labute approximate surface area is 224 Å². The maximum atomic E-state index is 13.1. The van der Waals surface area contributed by atoms with Crippen LogP contribution in [0.5, 0.6) is 5.75 Å². The van der Waals surface area contributed by atoms with Crippen molar-refractivity contribution in [1.29, 1.82) is 0 Å². The number of aromatic amines is 1. The van der Waals surface area contributed by atoms with Crippen molar-refractivity contribution in [3.8, 4) is 5.75 Å². The van der Waals surface area contributed by atoms with Crippen LogP contribution in [-0.4, -0.2) is 61.2 Å². The van der Waals surface area contributed by atoms with Crippen LogP contribution in [0.2, 0.25) is 0 Å². The van der Waals surface area contributed by atoms with Crippen molar-refractivity contribution in [2.75, 3.05) is 33.4 Å². The molecule has 1 spiro atoms. The zero-order valence-electron chi connectivity index (χ0n) is 22.7. The number of nitrogens with one attached hydrogen (secondary N) is 2. The monoisotopic (exact) mass is 517 g/mol. The van der Waals surface area contributed by atoms with Crippen LogP contribution in [-0.2, 0) is 11.2 Å². The number of aromatic nitrogens is 1. The summed E-state index contributed by atoms with van der Waals surface area (Å²) in [5, 5.41) is 3.85. The standard InChI is InChI=1S/C31H39N3O4/c1-21(2)17-22-7-9-23(10-8-22)30(36)34-15-13-31(14-16-34)12-11-24(38-20-31)18-33-29(35)25-19-32-26-5-4-6-27(37-3)28(25)26/h4-10,19,21,24,32H,11-18,20H2,1-3H3,(H,33,35). The molecule has 1 unspecified atom stereocenters. The number of amides is 2. The molecule has 2 amide bonds. The summed E-state index contributed by atoms with van der Waals surface area (Å²) in [6, 6.07) is 13.8. The minimum Gasteiger partial charge on any atom is -0.496 e. The number of hydrogen-bond donors (Lipinski definition) is 2. The van der Waals surface area contributed by atoms with E-state index in [9.17, 15) is 9.59 Å². The first-order valence-corrected chi connectivity index (χ1v) is 13.8. The second kappa shape index (κ2) is 11.2. The quantitative estimate of drug-likeness (QED) is 0.451. The fourth-order valence-electron chi connectivity index (χ4n) is 5.90. The van der Waals surface area contributed by atoms with Gasteiger partial charge >= 0.3 is 0 Å². The molecule has 7 nitrogen and oxygen atoms in total. The Morgan fingerprint density at radius 3 is 2.55 bits per heavy atom. The summed E-state index contributed by atoms with van der Waals surface area (Å²) >= 11 is 0. The third-order valence-corrected chi connectivity index (χ3v) is 8.20. The fraction of sp³-hybridized carbons (Fsp3) is 0.484. The first-order valence-electron chi connectivity index (χ1n) is 13.8. The fourth-order valence-corrected chi connectivity index (χ4v) is 5.90. The summed E-state index contributed by atoms with van der Waals surface area (Å²) in [6.45, 7) is 7.10. The molecule has 5 rings (SSSR count). The van der Waals surface area contributed by atoms with Gasteiger partial charge in [0, 0.05) is 36.9 Å². The van der Waals surface area contributed by atoms with Crippen molar-refractivity contribution >= 4 is 22.7 Å². The highest BCUT2D eigenvalue weighted by atomic mass is 16.5. The summed E-state index contributed by atoms with van der Waals surface area (Å²) in [7, 11) is 1.61. The van der Waals surface area contributed by atoms with Gasteiger partial charge in [-0.05, 0) is 73.3 Å². The number of H-pyrrole nitrogens is 1. The number of hydrogen-bond acceptors (Lipinski definition) is 4. The second-order valence-electron chi connectivity index (χ2n) is 11.4. The van der Waals surface area contributed by atoms with Crippen molar-refractivity contribution in [2.24, 2.45) is 11.3 Å². The van der Waals surface area contributed by atoms with Gasteiger partial charge in [0.25, 0.3) is 11.8 Å². The highest BCUT2D eigenvalue weighted by Crippen LogP contribution is 2.40. The van der Waals surface area contributed by atoms with Crippen molar-refractivity contribution in [2.45, 2.75) is 52.1 Å². The third-order valence-electron chi connectivity index (χ3n) is 8.20. The molecule has 0 bridgehead atoms. The number of carbonyl (C=O) groups is 2. The Kier molecular flexibility index (Phi) is 7.75. The maximum absolute atomic E-state index is 13.1. The van der Waals surface area contributed by atoms with Gasteiger partial charge in [0.2, 0.25) is 0 Å². The van der Waals surface area contributed by atoms with E-state index in [0.29, 0.717) is 30.4 Å². The van der Waals surface area contributed by atoms with E-state index in [-0.39, 0.29) is 23.3 Å². The molecule has 2 fully saturated rings. The van der Waals surface area contributed by atoms with E-state index >= 15 is 0 Å². The molecular weight excluding hydrogens is 478 g/mol. The highest BCUT2D eigenvalue weighted by Gasteiger charge is 2.40. The molecule has 38 heavy (non-hydrogen) atoms. The van der Waals surface area contributed by atoms with Crippen molar-refractivity contribution < 1.29 is 19.1 Å². The van der Waals surface area contributed by atoms with E-state index in [1.807, 2.05) is 35.2 Å². The molecule has 0 aliphatic carbocycles. The Morgan fingerprint density at radius 2 is 1.89 bits per heavy atom. The minimum absolute atomic E-state index is 0.000641. The van der Waals surface area contributed by atoms with Crippen LogP contribution in [0.4, 0.5) is 0 Å². The molecule has 2 aliphatic heterocycles. The van der Waals surface area contributed by atoms with Gasteiger partial charge in [-0.1, -0.05) is 32.0 Å². The molecule has 2 N–H and O–H groups in total. The van der Waals surface area contributed by atoms with E-state index in [0.717, 1.165) is 61.7 Å². The Bertz CT molecular complexity index is 1260. The Morgan fingerprint density at radius 1 is 1.13 bits per heavy atom. The molecule has 3 aromatic rings. The number of rotatable bonds is 7. The van der Waals surface area contributed by atoms with E-state index < -0.39 is 0 Å². The van der Waals surface area contributed by atoms with Gasteiger partial charge in [-0.25, -0.2) is 0 Å². The number of carbonyl (C=O) groups excluding carboxylic acids is 2. The Hall–Kier alpha value is -3.32. The Balaban J connectivity index is 1.09. The lowest BCUT2D eigenvalue weighted by atomic mass is 9.73. The first-order chi connectivity index (χ1) is 18.4. The van der Waals surface area contributed by atoms with Crippen molar-refractivity contribution in [1.82, 2.24) is 15.2 Å². The van der Waals surface area contributed by atoms with Gasteiger partial charge in [0.05, 0.1) is 30.8 Å². The lowest BCUT2D eigenvalue weighted by molar-refractivity contribution is -0.0809. The zero-order valence-corrected chi connectivity index (χ0v) is 22.7. The summed E-state index contributed by atoms with van der Waals surface area (Å²) < 4.78 is 11.7. The molecule has 2 saturated heterocycles. The first kappa shape index (κ1) is 26.3. The molecule has 2 aromatic carbocycles. The molecule has 3 heterocycles. The van der Waals surface area contributed by atoms with Crippen LogP contribution < -0.4 is 10.1 Å². The summed E-state index contributed by atoms with van der Waals surface area (Å²) in [5.41, 5.74) is 3.63. The number of ether oxygens (including phenoxy) is 2. The molecule has 202 valence electrons. The molecule has 1 atom stereocenters. The number of likely N-dealkylation sites (tertiary alicyclic amines) is 1. The van der Waals surface area contributed by atoms with Gasteiger partial charge in [-0.15, -0.1) is 0 Å². The SMILES string of the molecule is COc1cccc2[nH]cc(C(=O)NCC3CCC4(CCN(C(=O)c5ccc(CC(C)C)cc5)CC4)CO3)c12. The van der Waals surface area contributed by atoms with Gasteiger partial charge in [0.1, 0.15) is 5.75 Å². The second-order valence-corrected chi connectivity index (χ2v) is 11.4. The molecule has 0 saturated carbocycles. The zero-order chi connectivity index (χ0) is 26.7. The van der Waals surface area contributed by atoms with E-state index in [2.05, 4.69) is 36.3 Å². The highest BCUT2D eigenvalue weighted by molar-refractivity contribution is 6.09. The predicted molar refractivity (Wildman–Crippen MR) is 149 cm³/mol. The van der Waals surface area contributed by atoms with Gasteiger partial charge in [0.15, 0.2) is 0 Å².